The molecule has 0 radical (unpaired) electrons. The van der Waals surface area contributed by atoms with Gasteiger partial charge in [0.1, 0.15) is 10.0 Å². The summed E-state index contributed by atoms with van der Waals surface area (Å²) >= 11 is 6.85. The first-order valence-electron chi connectivity index (χ1n) is 8.34. The van der Waals surface area contributed by atoms with Crippen LogP contribution in [0, 0.1) is 5.82 Å². The van der Waals surface area contributed by atoms with Crippen LogP contribution in [0.5, 0.6) is 0 Å². The fourth-order valence-corrected chi connectivity index (χ4v) is 5.87. The van der Waals surface area contributed by atoms with Gasteiger partial charge in [-0.2, -0.15) is 4.31 Å². The number of halogens is 2. The fraction of sp³-hybridized carbons (Fsp3) is 0.353. The van der Waals surface area contributed by atoms with Crippen molar-refractivity contribution in [1.29, 1.82) is 0 Å². The summed E-state index contributed by atoms with van der Waals surface area (Å²) in [5.74, 6) is -0.332. The van der Waals surface area contributed by atoms with Gasteiger partial charge in [-0.05, 0) is 36.8 Å². The van der Waals surface area contributed by atoms with E-state index in [0.717, 1.165) is 16.9 Å². The number of piperazine rings is 1. The van der Waals surface area contributed by atoms with Crippen LogP contribution in [0.4, 0.5) is 9.18 Å². The number of thiophene rings is 1. The molecule has 1 aliphatic rings. The number of rotatable bonds is 4. The van der Waals surface area contributed by atoms with Crippen LogP contribution in [0.3, 0.4) is 0 Å². The van der Waals surface area contributed by atoms with E-state index in [-0.39, 0.29) is 35.2 Å². The average Bonchev–Trinajstić information content (AvgIpc) is 3.09. The van der Waals surface area contributed by atoms with Gasteiger partial charge < -0.3 is 10.2 Å². The lowest BCUT2D eigenvalue weighted by Crippen LogP contribution is -2.53. The Morgan fingerprint density at radius 2 is 1.78 bits per heavy atom. The Morgan fingerprint density at radius 3 is 2.33 bits per heavy atom. The maximum Gasteiger partial charge on any atom is 0.317 e. The molecule has 0 saturated carbocycles. The lowest BCUT2D eigenvalue weighted by molar-refractivity contribution is 0.169. The molecule has 1 aromatic carbocycles. The number of benzene rings is 1. The second kappa shape index (κ2) is 8.14. The number of nitrogens with zero attached hydrogens (tertiary/aromatic N) is 2. The summed E-state index contributed by atoms with van der Waals surface area (Å²) in [5.41, 5.74) is 0.792. The molecule has 2 heterocycles. The van der Waals surface area contributed by atoms with E-state index in [1.807, 2.05) is 6.92 Å². The summed E-state index contributed by atoms with van der Waals surface area (Å²) < 4.78 is 40.2. The van der Waals surface area contributed by atoms with Gasteiger partial charge in [-0.25, -0.2) is 17.6 Å². The number of carbonyl (C=O) groups excluding carboxylic acids is 1. The Kier molecular flexibility index (Phi) is 6.05. The summed E-state index contributed by atoms with van der Waals surface area (Å²) in [6.45, 7) is 2.83. The molecule has 0 unspecified atom stereocenters. The van der Waals surface area contributed by atoms with Crippen molar-refractivity contribution in [3.63, 3.8) is 0 Å². The minimum Gasteiger partial charge on any atom is -0.331 e. The minimum absolute atomic E-state index is 0.204. The van der Waals surface area contributed by atoms with Crippen molar-refractivity contribution >= 4 is 39.0 Å². The molecule has 2 amide bonds. The highest BCUT2D eigenvalue weighted by Crippen LogP contribution is 2.28. The van der Waals surface area contributed by atoms with Gasteiger partial charge >= 0.3 is 6.03 Å². The number of nitrogens with one attached hydrogen (secondary N) is 1. The Labute approximate surface area is 166 Å². The largest absolute Gasteiger partial charge is 0.331 e. The Morgan fingerprint density at radius 1 is 1.15 bits per heavy atom. The first kappa shape index (κ1) is 20.1. The minimum atomic E-state index is -3.59. The van der Waals surface area contributed by atoms with Crippen molar-refractivity contribution in [3.05, 3.63) is 52.1 Å². The van der Waals surface area contributed by atoms with Gasteiger partial charge in [-0.3, -0.25) is 0 Å². The van der Waals surface area contributed by atoms with Crippen molar-refractivity contribution in [3.8, 4) is 0 Å². The van der Waals surface area contributed by atoms with Crippen LogP contribution in [0.2, 0.25) is 4.34 Å². The van der Waals surface area contributed by atoms with E-state index in [1.165, 1.54) is 22.5 Å². The Balaban J connectivity index is 1.57. The summed E-state index contributed by atoms with van der Waals surface area (Å²) in [7, 11) is -3.59. The Bertz CT molecular complexity index is 910. The molecule has 1 aromatic heterocycles. The highest BCUT2D eigenvalue weighted by molar-refractivity contribution is 7.91. The molecule has 3 rings (SSSR count). The third kappa shape index (κ3) is 4.60. The van der Waals surface area contributed by atoms with Crippen molar-refractivity contribution in [2.75, 3.05) is 26.2 Å². The number of urea groups is 1. The van der Waals surface area contributed by atoms with Crippen LogP contribution in [-0.2, 0) is 10.0 Å². The van der Waals surface area contributed by atoms with E-state index < -0.39 is 10.0 Å². The SMILES string of the molecule is C[C@H](NC(=O)N1CCN(S(=O)(=O)c2ccc(Cl)s2)CC1)c1ccc(F)cc1. The molecule has 2 aromatic rings. The number of sulfonamides is 1. The molecule has 1 atom stereocenters. The van der Waals surface area contributed by atoms with Gasteiger partial charge in [0, 0.05) is 26.2 Å². The first-order valence-corrected chi connectivity index (χ1v) is 11.0. The molecule has 0 aliphatic carbocycles. The van der Waals surface area contributed by atoms with Crippen LogP contribution in [0.25, 0.3) is 0 Å². The molecule has 10 heteroatoms. The van der Waals surface area contributed by atoms with Gasteiger partial charge in [0.2, 0.25) is 0 Å². The van der Waals surface area contributed by atoms with Gasteiger partial charge in [-0.15, -0.1) is 11.3 Å². The van der Waals surface area contributed by atoms with Crippen molar-refractivity contribution in [1.82, 2.24) is 14.5 Å². The molecule has 27 heavy (non-hydrogen) atoms. The first-order chi connectivity index (χ1) is 12.8. The molecule has 1 saturated heterocycles. The zero-order valence-electron chi connectivity index (χ0n) is 14.6. The maximum absolute atomic E-state index is 13.0. The molecule has 1 N–H and O–H groups in total. The molecule has 1 aliphatic heterocycles. The number of hydrogen-bond donors (Lipinski definition) is 1. The second-order valence-electron chi connectivity index (χ2n) is 6.17. The van der Waals surface area contributed by atoms with Crippen LogP contribution in [0.1, 0.15) is 18.5 Å². The molecular formula is C17H19ClFN3O3S2. The molecule has 1 fully saturated rings. The lowest BCUT2D eigenvalue weighted by atomic mass is 10.1. The average molecular weight is 432 g/mol. The van der Waals surface area contributed by atoms with E-state index >= 15 is 0 Å². The zero-order valence-corrected chi connectivity index (χ0v) is 17.0. The molecular weight excluding hydrogens is 413 g/mol. The predicted octanol–water partition coefficient (Wildman–Crippen LogP) is 3.32. The van der Waals surface area contributed by atoms with Crippen LogP contribution >= 0.6 is 22.9 Å². The number of amides is 2. The number of hydrogen-bond acceptors (Lipinski definition) is 4. The molecule has 146 valence electrons. The van der Waals surface area contributed by atoms with E-state index in [0.29, 0.717) is 17.4 Å². The van der Waals surface area contributed by atoms with Crippen LogP contribution in [0.15, 0.2) is 40.6 Å². The fourth-order valence-electron chi connectivity index (χ4n) is 2.81. The quantitative estimate of drug-likeness (QED) is 0.807. The van der Waals surface area contributed by atoms with Gasteiger partial charge in [0.15, 0.2) is 0 Å². The Hall–Kier alpha value is -1.68. The summed E-state index contributed by atoms with van der Waals surface area (Å²) in [6, 6.07) is 8.42. The normalized spacial score (nSPS) is 16.9. The van der Waals surface area contributed by atoms with Crippen molar-refractivity contribution in [2.24, 2.45) is 0 Å². The summed E-state index contributed by atoms with van der Waals surface area (Å²) in [5, 5.41) is 2.86. The van der Waals surface area contributed by atoms with Crippen LogP contribution < -0.4 is 5.32 Å². The third-order valence-electron chi connectivity index (χ3n) is 4.38. The number of carbonyl (C=O) groups is 1. The van der Waals surface area contributed by atoms with E-state index in [9.17, 15) is 17.6 Å². The van der Waals surface area contributed by atoms with Gasteiger partial charge in [-0.1, -0.05) is 23.7 Å². The maximum atomic E-state index is 13.0. The molecule has 6 nitrogen and oxygen atoms in total. The molecule has 0 spiro atoms. The monoisotopic (exact) mass is 431 g/mol. The smallest absolute Gasteiger partial charge is 0.317 e. The van der Waals surface area contributed by atoms with Crippen molar-refractivity contribution in [2.45, 2.75) is 17.2 Å². The second-order valence-corrected chi connectivity index (χ2v) is 10.1. The van der Waals surface area contributed by atoms with Gasteiger partial charge in [0.25, 0.3) is 10.0 Å². The standard InChI is InChI=1S/C17H19ClFN3O3S2/c1-12(13-2-4-14(19)5-3-13)20-17(23)21-8-10-22(11-9-21)27(24,25)16-7-6-15(18)26-16/h2-7,12H,8-11H2,1H3,(H,20,23)/t12-/m0/s1. The predicted molar refractivity (Wildman–Crippen MR) is 103 cm³/mol. The van der Waals surface area contributed by atoms with E-state index in [4.69, 9.17) is 11.6 Å². The third-order valence-corrected chi connectivity index (χ3v) is 7.98. The summed E-state index contributed by atoms with van der Waals surface area (Å²) in [4.78, 5) is 14.0. The lowest BCUT2D eigenvalue weighted by Gasteiger charge is -2.34. The topological polar surface area (TPSA) is 69.7 Å². The molecule has 0 bridgehead atoms. The highest BCUT2D eigenvalue weighted by Gasteiger charge is 2.31. The van der Waals surface area contributed by atoms with E-state index in [2.05, 4.69) is 5.32 Å². The highest BCUT2D eigenvalue weighted by atomic mass is 35.5. The van der Waals surface area contributed by atoms with Crippen LogP contribution in [-0.4, -0.2) is 49.8 Å². The summed E-state index contributed by atoms with van der Waals surface area (Å²) in [6.07, 6.45) is 0. The zero-order chi connectivity index (χ0) is 19.6. The van der Waals surface area contributed by atoms with Gasteiger partial charge in [0.05, 0.1) is 10.4 Å². The van der Waals surface area contributed by atoms with E-state index in [1.54, 1.807) is 23.1 Å². The van der Waals surface area contributed by atoms with Crippen molar-refractivity contribution < 1.29 is 17.6 Å².